The molecule has 0 aliphatic heterocycles. The fourth-order valence-electron chi connectivity index (χ4n) is 0.723. The van der Waals surface area contributed by atoms with Crippen LogP contribution in [0.15, 0.2) is 23.8 Å². The van der Waals surface area contributed by atoms with Gasteiger partial charge in [0.2, 0.25) is 0 Å². The van der Waals surface area contributed by atoms with Gasteiger partial charge in [-0.05, 0) is 32.6 Å². The van der Waals surface area contributed by atoms with Crippen LogP contribution in [-0.2, 0) is 0 Å². The summed E-state index contributed by atoms with van der Waals surface area (Å²) in [5, 5.41) is 0. The van der Waals surface area contributed by atoms with Gasteiger partial charge < -0.3 is 0 Å². The molecule has 0 N–H and O–H groups in total. The molecule has 0 spiro atoms. The number of hydrogen-bond acceptors (Lipinski definition) is 0. The highest BCUT2D eigenvalue weighted by Crippen LogP contribution is 2.14. The van der Waals surface area contributed by atoms with Crippen LogP contribution in [0, 0.1) is 5.92 Å². The minimum atomic E-state index is 0.636. The van der Waals surface area contributed by atoms with Gasteiger partial charge in [0.1, 0.15) is 0 Å². The highest BCUT2D eigenvalue weighted by molar-refractivity contribution is 5.02. The molecule has 0 saturated carbocycles. The predicted octanol–water partition coefficient (Wildman–Crippen LogP) is 3.95. The van der Waals surface area contributed by atoms with Crippen molar-refractivity contribution in [3.8, 4) is 0 Å². The van der Waals surface area contributed by atoms with Crippen molar-refractivity contribution in [2.24, 2.45) is 5.92 Å². The fraction of sp³-hybridized carbons (Fsp3) is 0.636. The minimum Gasteiger partial charge on any atom is -0.0999 e. The normalized spacial score (nSPS) is 14.7. The molecule has 0 aromatic carbocycles. The topological polar surface area (TPSA) is 0 Å². The van der Waals surface area contributed by atoms with Gasteiger partial charge in [0.25, 0.3) is 0 Å². The summed E-state index contributed by atoms with van der Waals surface area (Å²) in [6.07, 6.45) is 4.64. The second kappa shape index (κ2) is 5.17. The van der Waals surface area contributed by atoms with Gasteiger partial charge in [-0.1, -0.05) is 37.6 Å². The lowest BCUT2D eigenvalue weighted by atomic mass is 9.99. The molecule has 0 aromatic heterocycles. The van der Waals surface area contributed by atoms with Crippen LogP contribution in [0.4, 0.5) is 0 Å². The van der Waals surface area contributed by atoms with Crippen LogP contribution in [-0.4, -0.2) is 0 Å². The highest BCUT2D eigenvalue weighted by atomic mass is 14.0. The third kappa shape index (κ3) is 4.83. The molecule has 0 amide bonds. The Labute approximate surface area is 71.0 Å². The van der Waals surface area contributed by atoms with Crippen LogP contribution in [0.3, 0.4) is 0 Å². The van der Waals surface area contributed by atoms with E-state index in [0.717, 1.165) is 6.42 Å². The molecule has 0 rings (SSSR count). The van der Waals surface area contributed by atoms with Crippen molar-refractivity contribution in [3.63, 3.8) is 0 Å². The maximum Gasteiger partial charge on any atom is -0.0202 e. The first-order valence-corrected chi connectivity index (χ1v) is 4.39. The molecule has 0 saturated heterocycles. The molecule has 0 heteroatoms. The highest BCUT2D eigenvalue weighted by Gasteiger charge is 1.98. The van der Waals surface area contributed by atoms with E-state index in [2.05, 4.69) is 40.3 Å². The molecule has 0 aromatic rings. The van der Waals surface area contributed by atoms with E-state index in [4.69, 9.17) is 0 Å². The van der Waals surface area contributed by atoms with E-state index in [-0.39, 0.29) is 0 Å². The molecule has 0 heterocycles. The second-order valence-electron chi connectivity index (χ2n) is 3.39. The van der Waals surface area contributed by atoms with E-state index < -0.39 is 0 Å². The summed E-state index contributed by atoms with van der Waals surface area (Å²) in [5.41, 5.74) is 2.77. The van der Waals surface area contributed by atoms with Crippen molar-refractivity contribution in [2.75, 3.05) is 0 Å². The molecule has 11 heavy (non-hydrogen) atoms. The quantitative estimate of drug-likeness (QED) is 0.535. The molecule has 0 fully saturated rings. The van der Waals surface area contributed by atoms with E-state index in [1.54, 1.807) is 0 Å². The molecule has 0 radical (unpaired) electrons. The average molecular weight is 152 g/mol. The summed E-state index contributed by atoms with van der Waals surface area (Å²) in [7, 11) is 0. The third-order valence-corrected chi connectivity index (χ3v) is 2.22. The Hall–Kier alpha value is -0.520. The summed E-state index contributed by atoms with van der Waals surface area (Å²) in [4.78, 5) is 0. The van der Waals surface area contributed by atoms with Gasteiger partial charge >= 0.3 is 0 Å². The monoisotopic (exact) mass is 152 g/mol. The Morgan fingerprint density at radius 1 is 1.45 bits per heavy atom. The van der Waals surface area contributed by atoms with Crippen molar-refractivity contribution in [2.45, 2.75) is 40.5 Å². The lowest BCUT2D eigenvalue weighted by molar-refractivity contribution is 0.693. The van der Waals surface area contributed by atoms with E-state index in [1.165, 1.54) is 17.6 Å². The summed E-state index contributed by atoms with van der Waals surface area (Å²) < 4.78 is 0. The van der Waals surface area contributed by atoms with Crippen LogP contribution in [0.5, 0.6) is 0 Å². The van der Waals surface area contributed by atoms with Gasteiger partial charge in [-0.15, -0.1) is 0 Å². The third-order valence-electron chi connectivity index (χ3n) is 2.22. The Kier molecular flexibility index (Phi) is 4.93. The summed E-state index contributed by atoms with van der Waals surface area (Å²) in [6.45, 7) is 12.6. The molecule has 0 bridgehead atoms. The second-order valence-corrected chi connectivity index (χ2v) is 3.39. The summed E-state index contributed by atoms with van der Waals surface area (Å²) in [5.74, 6) is 0.636. The van der Waals surface area contributed by atoms with Crippen LogP contribution >= 0.6 is 0 Å². The zero-order chi connectivity index (χ0) is 8.85. The van der Waals surface area contributed by atoms with Crippen molar-refractivity contribution in [1.29, 1.82) is 0 Å². The SMILES string of the molecule is C=C(C)C(C)C/C=C(\C)CC. The smallest absolute Gasteiger partial charge is 0.0202 e. The number of rotatable bonds is 4. The van der Waals surface area contributed by atoms with Gasteiger partial charge in [-0.3, -0.25) is 0 Å². The van der Waals surface area contributed by atoms with E-state index >= 15 is 0 Å². The van der Waals surface area contributed by atoms with E-state index in [1.807, 2.05) is 0 Å². The molecule has 64 valence electrons. The average Bonchev–Trinajstić information content (AvgIpc) is 1.99. The first-order valence-electron chi connectivity index (χ1n) is 4.39. The van der Waals surface area contributed by atoms with Crippen molar-refractivity contribution in [3.05, 3.63) is 23.8 Å². The zero-order valence-electron chi connectivity index (χ0n) is 8.28. The number of allylic oxidation sites excluding steroid dienone is 3. The molecular weight excluding hydrogens is 132 g/mol. The molecule has 0 aliphatic rings. The molecular formula is C11H20. The molecule has 1 atom stereocenters. The van der Waals surface area contributed by atoms with Crippen LogP contribution in [0.2, 0.25) is 0 Å². The van der Waals surface area contributed by atoms with Crippen LogP contribution in [0.1, 0.15) is 40.5 Å². The van der Waals surface area contributed by atoms with Crippen LogP contribution < -0.4 is 0 Å². The zero-order valence-corrected chi connectivity index (χ0v) is 8.28. The van der Waals surface area contributed by atoms with Crippen molar-refractivity contribution in [1.82, 2.24) is 0 Å². The Balaban J connectivity index is 3.78. The van der Waals surface area contributed by atoms with E-state index in [9.17, 15) is 0 Å². The summed E-state index contributed by atoms with van der Waals surface area (Å²) in [6, 6.07) is 0. The maximum absolute atomic E-state index is 3.93. The Morgan fingerprint density at radius 3 is 2.36 bits per heavy atom. The van der Waals surface area contributed by atoms with Gasteiger partial charge in [0.05, 0.1) is 0 Å². The summed E-state index contributed by atoms with van der Waals surface area (Å²) >= 11 is 0. The van der Waals surface area contributed by atoms with Gasteiger partial charge in [-0.2, -0.15) is 0 Å². The van der Waals surface area contributed by atoms with Crippen LogP contribution in [0.25, 0.3) is 0 Å². The molecule has 0 aliphatic carbocycles. The van der Waals surface area contributed by atoms with Crippen molar-refractivity contribution < 1.29 is 0 Å². The van der Waals surface area contributed by atoms with Crippen molar-refractivity contribution >= 4 is 0 Å². The first kappa shape index (κ1) is 10.5. The lowest BCUT2D eigenvalue weighted by Crippen LogP contribution is -1.92. The first-order chi connectivity index (χ1) is 5.07. The fourth-order valence-corrected chi connectivity index (χ4v) is 0.723. The lowest BCUT2D eigenvalue weighted by Gasteiger charge is -2.07. The Morgan fingerprint density at radius 2 is 2.00 bits per heavy atom. The maximum atomic E-state index is 3.93. The van der Waals surface area contributed by atoms with Gasteiger partial charge in [-0.25, -0.2) is 0 Å². The molecule has 1 unspecified atom stereocenters. The van der Waals surface area contributed by atoms with Gasteiger partial charge in [0, 0.05) is 0 Å². The number of hydrogen-bond donors (Lipinski definition) is 0. The standard InChI is InChI=1S/C11H20/c1-6-10(4)7-8-11(5)9(2)3/h7,11H,2,6,8H2,1,3-5H3/b10-7+. The Bertz CT molecular complexity index is 151. The molecule has 0 nitrogen and oxygen atoms in total. The minimum absolute atomic E-state index is 0.636. The largest absolute Gasteiger partial charge is 0.0999 e. The van der Waals surface area contributed by atoms with E-state index in [0.29, 0.717) is 5.92 Å². The predicted molar refractivity (Wildman–Crippen MR) is 52.6 cm³/mol. The van der Waals surface area contributed by atoms with Gasteiger partial charge in [0.15, 0.2) is 0 Å².